The molecule has 2 aromatic rings. The van der Waals surface area contributed by atoms with Crippen molar-refractivity contribution in [1.82, 2.24) is 20.0 Å². The van der Waals surface area contributed by atoms with Gasteiger partial charge in [-0.3, -0.25) is 14.9 Å². The highest BCUT2D eigenvalue weighted by molar-refractivity contribution is 5.88. The Labute approximate surface area is 166 Å². The van der Waals surface area contributed by atoms with Gasteiger partial charge in [0.05, 0.1) is 12.8 Å². The van der Waals surface area contributed by atoms with E-state index in [9.17, 15) is 4.79 Å². The van der Waals surface area contributed by atoms with Crippen LogP contribution in [0.2, 0.25) is 0 Å². The molecular formula is C22H30N4O2. The van der Waals surface area contributed by atoms with Crippen LogP contribution in [0.25, 0.3) is 0 Å². The van der Waals surface area contributed by atoms with Gasteiger partial charge in [0, 0.05) is 30.7 Å². The van der Waals surface area contributed by atoms with Crippen molar-refractivity contribution in [3.05, 3.63) is 52.8 Å². The Hall–Kier alpha value is -2.18. The molecule has 28 heavy (non-hydrogen) atoms. The van der Waals surface area contributed by atoms with E-state index in [1.807, 2.05) is 6.92 Å². The summed E-state index contributed by atoms with van der Waals surface area (Å²) in [6.07, 6.45) is 6.50. The number of hydrogen-bond acceptors (Lipinski definition) is 5. The Morgan fingerprint density at radius 2 is 2.07 bits per heavy atom. The van der Waals surface area contributed by atoms with Gasteiger partial charge in [-0.25, -0.2) is 4.79 Å². The van der Waals surface area contributed by atoms with Gasteiger partial charge in [-0.1, -0.05) is 24.3 Å². The quantitative estimate of drug-likeness (QED) is 0.779. The number of benzene rings is 1. The number of piperidine rings is 1. The summed E-state index contributed by atoms with van der Waals surface area (Å²) in [5.41, 5.74) is 4.42. The van der Waals surface area contributed by atoms with Crippen LogP contribution in [0.5, 0.6) is 0 Å². The number of rotatable bonds is 6. The largest absolute Gasteiger partial charge is 0.461 e. The Bertz CT molecular complexity index is 793. The van der Waals surface area contributed by atoms with Gasteiger partial charge in [0.1, 0.15) is 5.69 Å². The van der Waals surface area contributed by atoms with Gasteiger partial charge in [0.15, 0.2) is 0 Å². The predicted molar refractivity (Wildman–Crippen MR) is 108 cm³/mol. The monoisotopic (exact) mass is 382 g/mol. The standard InChI is InChI=1S/C22H30N4O2/c1-3-28-22(27)21-18(13-23-24-21)14-25(2)19-9-6-10-26(15-19)20-11-16-7-4-5-8-17(16)12-20/h4-5,7-8,13,19-20H,3,6,9-12,14-15H2,1-2H3,(H,23,24)/t19-/m1/s1. The Balaban J connectivity index is 1.37. The third kappa shape index (κ3) is 3.98. The van der Waals surface area contributed by atoms with Gasteiger partial charge in [0.25, 0.3) is 0 Å². The molecule has 2 aliphatic rings. The van der Waals surface area contributed by atoms with Crippen LogP contribution in [0.1, 0.15) is 46.9 Å². The predicted octanol–water partition coefficient (Wildman–Crippen LogP) is 2.65. The lowest BCUT2D eigenvalue weighted by Crippen LogP contribution is -2.50. The second-order valence-electron chi connectivity index (χ2n) is 8.03. The van der Waals surface area contributed by atoms with Crippen molar-refractivity contribution >= 4 is 5.97 Å². The molecule has 0 bridgehead atoms. The molecule has 1 aliphatic carbocycles. The van der Waals surface area contributed by atoms with E-state index in [0.717, 1.165) is 12.1 Å². The molecule has 1 aliphatic heterocycles. The molecule has 1 fully saturated rings. The molecule has 1 N–H and O–H groups in total. The number of ether oxygens (including phenoxy) is 1. The molecule has 4 rings (SSSR count). The minimum Gasteiger partial charge on any atom is -0.461 e. The maximum Gasteiger partial charge on any atom is 0.356 e. The van der Waals surface area contributed by atoms with Crippen LogP contribution in [0.4, 0.5) is 0 Å². The van der Waals surface area contributed by atoms with Crippen LogP contribution in [0, 0.1) is 0 Å². The first-order valence-electron chi connectivity index (χ1n) is 10.4. The van der Waals surface area contributed by atoms with Gasteiger partial charge in [-0.15, -0.1) is 0 Å². The molecule has 0 saturated carbocycles. The minimum absolute atomic E-state index is 0.322. The van der Waals surface area contributed by atoms with Crippen LogP contribution in [-0.2, 0) is 24.1 Å². The molecule has 0 unspecified atom stereocenters. The number of fused-ring (bicyclic) bond motifs is 1. The van der Waals surface area contributed by atoms with E-state index in [0.29, 0.717) is 30.9 Å². The third-order valence-corrected chi connectivity index (χ3v) is 6.21. The second kappa shape index (κ2) is 8.45. The third-order valence-electron chi connectivity index (χ3n) is 6.21. The van der Waals surface area contributed by atoms with Crippen LogP contribution in [0.15, 0.2) is 30.5 Å². The SMILES string of the molecule is CCOC(=O)c1[nH]ncc1CN(C)[C@@H]1CCCN(C2Cc3ccccc3C2)C1. The number of esters is 1. The van der Waals surface area contributed by atoms with Crippen molar-refractivity contribution in [2.75, 3.05) is 26.7 Å². The van der Waals surface area contributed by atoms with Crippen molar-refractivity contribution in [2.45, 2.75) is 51.2 Å². The topological polar surface area (TPSA) is 61.5 Å². The van der Waals surface area contributed by atoms with Gasteiger partial charge in [-0.05, 0) is 57.3 Å². The van der Waals surface area contributed by atoms with Gasteiger partial charge < -0.3 is 4.74 Å². The average Bonchev–Trinajstić information content (AvgIpc) is 3.35. The highest BCUT2D eigenvalue weighted by atomic mass is 16.5. The van der Waals surface area contributed by atoms with E-state index in [4.69, 9.17) is 4.74 Å². The highest BCUT2D eigenvalue weighted by Crippen LogP contribution is 2.28. The summed E-state index contributed by atoms with van der Waals surface area (Å²) in [7, 11) is 2.15. The van der Waals surface area contributed by atoms with E-state index in [1.54, 1.807) is 6.20 Å². The molecule has 0 spiro atoms. The zero-order chi connectivity index (χ0) is 19.5. The maximum absolute atomic E-state index is 12.1. The minimum atomic E-state index is -0.322. The van der Waals surface area contributed by atoms with Crippen LogP contribution < -0.4 is 0 Å². The molecule has 0 radical (unpaired) electrons. The van der Waals surface area contributed by atoms with Gasteiger partial charge >= 0.3 is 5.97 Å². The van der Waals surface area contributed by atoms with Crippen LogP contribution >= 0.6 is 0 Å². The van der Waals surface area contributed by atoms with Crippen molar-refractivity contribution in [2.24, 2.45) is 0 Å². The lowest BCUT2D eigenvalue weighted by molar-refractivity contribution is 0.0514. The number of likely N-dealkylation sites (tertiary alicyclic amines) is 1. The first kappa shape index (κ1) is 19.2. The van der Waals surface area contributed by atoms with Crippen molar-refractivity contribution < 1.29 is 9.53 Å². The molecule has 1 saturated heterocycles. The second-order valence-corrected chi connectivity index (χ2v) is 8.03. The zero-order valence-corrected chi connectivity index (χ0v) is 16.9. The summed E-state index contributed by atoms with van der Waals surface area (Å²) in [6.45, 7) is 5.16. The van der Waals surface area contributed by atoms with E-state index in [1.165, 1.54) is 43.4 Å². The summed E-state index contributed by atoms with van der Waals surface area (Å²) in [5.74, 6) is -0.322. The van der Waals surface area contributed by atoms with Crippen LogP contribution in [0.3, 0.4) is 0 Å². The van der Waals surface area contributed by atoms with Crippen molar-refractivity contribution in [3.8, 4) is 0 Å². The lowest BCUT2D eigenvalue weighted by atomic mass is 10.0. The lowest BCUT2D eigenvalue weighted by Gasteiger charge is -2.40. The highest BCUT2D eigenvalue weighted by Gasteiger charge is 2.32. The molecule has 150 valence electrons. The fraction of sp³-hybridized carbons (Fsp3) is 0.545. The summed E-state index contributed by atoms with van der Waals surface area (Å²) in [4.78, 5) is 17.1. The number of carbonyl (C=O) groups excluding carboxylic acids is 1. The van der Waals surface area contributed by atoms with Crippen molar-refractivity contribution in [1.29, 1.82) is 0 Å². The smallest absolute Gasteiger partial charge is 0.356 e. The first-order chi connectivity index (χ1) is 13.7. The van der Waals surface area contributed by atoms with E-state index in [2.05, 4.69) is 51.3 Å². The molecule has 1 aromatic heterocycles. The number of nitrogens with one attached hydrogen (secondary N) is 1. The molecule has 1 atom stereocenters. The number of nitrogens with zero attached hydrogens (tertiary/aromatic N) is 3. The molecule has 6 nitrogen and oxygen atoms in total. The molecule has 2 heterocycles. The first-order valence-corrected chi connectivity index (χ1v) is 10.4. The Kier molecular flexibility index (Phi) is 5.78. The number of aromatic amines is 1. The number of H-pyrrole nitrogens is 1. The average molecular weight is 383 g/mol. The molecule has 1 aromatic carbocycles. The van der Waals surface area contributed by atoms with Crippen LogP contribution in [-0.4, -0.2) is 64.8 Å². The Morgan fingerprint density at radius 1 is 1.32 bits per heavy atom. The maximum atomic E-state index is 12.1. The van der Waals surface area contributed by atoms with Crippen molar-refractivity contribution in [3.63, 3.8) is 0 Å². The number of likely N-dealkylation sites (N-methyl/N-ethyl adjacent to an activating group) is 1. The fourth-order valence-electron chi connectivity index (χ4n) is 4.68. The van der Waals surface area contributed by atoms with Gasteiger partial charge in [0.2, 0.25) is 0 Å². The summed E-state index contributed by atoms with van der Waals surface area (Å²) in [6, 6.07) is 9.97. The van der Waals surface area contributed by atoms with E-state index < -0.39 is 0 Å². The normalized spacial score (nSPS) is 20.5. The molecule has 0 amide bonds. The number of hydrogen-bond donors (Lipinski definition) is 1. The van der Waals surface area contributed by atoms with Gasteiger partial charge in [-0.2, -0.15) is 5.10 Å². The summed E-state index contributed by atoms with van der Waals surface area (Å²) in [5, 5.41) is 6.86. The number of carbonyl (C=O) groups is 1. The molecular weight excluding hydrogens is 352 g/mol. The fourth-order valence-corrected chi connectivity index (χ4v) is 4.68. The van der Waals surface area contributed by atoms with E-state index >= 15 is 0 Å². The van der Waals surface area contributed by atoms with E-state index in [-0.39, 0.29) is 5.97 Å². The Morgan fingerprint density at radius 3 is 2.79 bits per heavy atom. The number of aromatic nitrogens is 2. The summed E-state index contributed by atoms with van der Waals surface area (Å²) < 4.78 is 5.13. The zero-order valence-electron chi connectivity index (χ0n) is 16.9. The summed E-state index contributed by atoms with van der Waals surface area (Å²) >= 11 is 0. The molecule has 6 heteroatoms.